The predicted octanol–water partition coefficient (Wildman–Crippen LogP) is 5.27. The minimum atomic E-state index is -4.28. The zero-order chi connectivity index (χ0) is 27.9. The molecule has 0 aromatic heterocycles. The van der Waals surface area contributed by atoms with Crippen LogP contribution in [0.5, 0.6) is 0 Å². The van der Waals surface area contributed by atoms with E-state index >= 15 is 0 Å². The molecule has 1 N–H and O–H groups in total. The van der Waals surface area contributed by atoms with Gasteiger partial charge in [0.05, 0.1) is 15.6 Å². The van der Waals surface area contributed by atoms with Crippen LogP contribution >= 0.6 is 23.2 Å². The standard InChI is InChI=1S/C27H28Cl2FN3O4S/c1-3-15-31-27(35)19(2)32(17-20-9-7-8-12-23(20)28)26(34)18-33(21-13-14-25(30)24(29)16-21)38(36,37)22-10-5-4-6-11-22/h4-14,16,19H,3,15,17-18H2,1-2H3,(H,31,35). The second kappa shape index (κ2) is 13.1. The molecule has 7 nitrogen and oxygen atoms in total. The minimum Gasteiger partial charge on any atom is -0.354 e. The van der Waals surface area contributed by atoms with E-state index in [0.717, 1.165) is 16.4 Å². The highest BCUT2D eigenvalue weighted by Gasteiger charge is 2.33. The van der Waals surface area contributed by atoms with Gasteiger partial charge in [-0.2, -0.15) is 0 Å². The van der Waals surface area contributed by atoms with Gasteiger partial charge in [0.2, 0.25) is 11.8 Å². The van der Waals surface area contributed by atoms with Gasteiger partial charge in [-0.25, -0.2) is 12.8 Å². The molecule has 0 saturated carbocycles. The number of sulfonamides is 1. The Bertz CT molecular complexity index is 1390. The van der Waals surface area contributed by atoms with E-state index in [4.69, 9.17) is 23.2 Å². The molecule has 0 aliphatic rings. The lowest BCUT2D eigenvalue weighted by atomic mass is 10.1. The summed E-state index contributed by atoms with van der Waals surface area (Å²) in [6, 6.07) is 16.9. The third-order valence-electron chi connectivity index (χ3n) is 5.82. The molecule has 202 valence electrons. The van der Waals surface area contributed by atoms with Crippen molar-refractivity contribution in [3.63, 3.8) is 0 Å². The summed E-state index contributed by atoms with van der Waals surface area (Å²) in [5.41, 5.74) is 0.578. The summed E-state index contributed by atoms with van der Waals surface area (Å²) in [5.74, 6) is -1.79. The number of benzene rings is 3. The fourth-order valence-electron chi connectivity index (χ4n) is 3.68. The van der Waals surface area contributed by atoms with Gasteiger partial charge in [-0.3, -0.25) is 13.9 Å². The van der Waals surface area contributed by atoms with E-state index in [1.165, 1.54) is 23.1 Å². The molecule has 11 heteroatoms. The molecule has 0 heterocycles. The van der Waals surface area contributed by atoms with Crippen LogP contribution in [-0.2, 0) is 26.2 Å². The summed E-state index contributed by atoms with van der Waals surface area (Å²) in [6.45, 7) is 3.17. The minimum absolute atomic E-state index is 0.00520. The average molecular weight is 581 g/mol. The van der Waals surface area contributed by atoms with Gasteiger partial charge in [-0.15, -0.1) is 0 Å². The third-order valence-corrected chi connectivity index (χ3v) is 8.26. The molecule has 2 amide bonds. The van der Waals surface area contributed by atoms with Gasteiger partial charge in [-0.05, 0) is 55.3 Å². The maximum atomic E-state index is 13.9. The zero-order valence-electron chi connectivity index (χ0n) is 20.9. The van der Waals surface area contributed by atoms with Crippen LogP contribution in [0.25, 0.3) is 0 Å². The van der Waals surface area contributed by atoms with Crippen LogP contribution in [0.1, 0.15) is 25.8 Å². The number of hydrogen-bond acceptors (Lipinski definition) is 4. The Morgan fingerprint density at radius 1 is 0.974 bits per heavy atom. The second-order valence-corrected chi connectivity index (χ2v) is 11.2. The van der Waals surface area contributed by atoms with Crippen molar-refractivity contribution >= 4 is 50.7 Å². The Hall–Kier alpha value is -3.14. The van der Waals surface area contributed by atoms with Gasteiger partial charge in [0.1, 0.15) is 18.4 Å². The van der Waals surface area contributed by atoms with Crippen molar-refractivity contribution in [3.8, 4) is 0 Å². The monoisotopic (exact) mass is 579 g/mol. The van der Waals surface area contributed by atoms with Gasteiger partial charge in [0.15, 0.2) is 0 Å². The average Bonchev–Trinajstić information content (AvgIpc) is 2.91. The zero-order valence-corrected chi connectivity index (χ0v) is 23.2. The molecular weight excluding hydrogens is 552 g/mol. The Morgan fingerprint density at radius 2 is 1.63 bits per heavy atom. The summed E-state index contributed by atoms with van der Waals surface area (Å²) in [4.78, 5) is 27.8. The van der Waals surface area contributed by atoms with Crippen LogP contribution in [0.2, 0.25) is 10.0 Å². The van der Waals surface area contributed by atoms with Crippen molar-refractivity contribution in [1.29, 1.82) is 0 Å². The fraction of sp³-hybridized carbons (Fsp3) is 0.259. The second-order valence-electron chi connectivity index (χ2n) is 8.50. The smallest absolute Gasteiger partial charge is 0.264 e. The Morgan fingerprint density at radius 3 is 2.26 bits per heavy atom. The van der Waals surface area contributed by atoms with Crippen molar-refractivity contribution in [2.75, 3.05) is 17.4 Å². The number of nitrogens with one attached hydrogen (secondary N) is 1. The van der Waals surface area contributed by atoms with Crippen LogP contribution < -0.4 is 9.62 Å². The number of anilines is 1. The van der Waals surface area contributed by atoms with Crippen LogP contribution in [0.4, 0.5) is 10.1 Å². The number of halogens is 3. The van der Waals surface area contributed by atoms with E-state index < -0.39 is 40.2 Å². The van der Waals surface area contributed by atoms with Crippen molar-refractivity contribution < 1.29 is 22.4 Å². The molecule has 0 fully saturated rings. The van der Waals surface area contributed by atoms with Crippen LogP contribution in [0.15, 0.2) is 77.7 Å². The number of nitrogens with zero attached hydrogens (tertiary/aromatic N) is 2. The van der Waals surface area contributed by atoms with E-state index in [9.17, 15) is 22.4 Å². The lowest BCUT2D eigenvalue weighted by molar-refractivity contribution is -0.139. The molecule has 1 atom stereocenters. The number of hydrogen-bond donors (Lipinski definition) is 1. The molecule has 0 bridgehead atoms. The maximum Gasteiger partial charge on any atom is 0.264 e. The number of carbonyl (C=O) groups is 2. The summed E-state index contributed by atoms with van der Waals surface area (Å²) >= 11 is 12.3. The molecule has 0 saturated heterocycles. The molecule has 3 aromatic carbocycles. The number of rotatable bonds is 11. The summed E-state index contributed by atoms with van der Waals surface area (Å²) in [7, 11) is -4.28. The predicted molar refractivity (Wildman–Crippen MR) is 147 cm³/mol. The molecule has 0 aliphatic heterocycles. The normalized spacial score (nSPS) is 12.0. The number of carbonyl (C=O) groups excluding carboxylic acids is 2. The van der Waals surface area contributed by atoms with Crippen molar-refractivity contribution in [3.05, 3.63) is 94.2 Å². The van der Waals surface area contributed by atoms with Crippen LogP contribution in [0.3, 0.4) is 0 Å². The van der Waals surface area contributed by atoms with E-state index in [0.29, 0.717) is 23.6 Å². The fourth-order valence-corrected chi connectivity index (χ4v) is 5.47. The highest BCUT2D eigenvalue weighted by Crippen LogP contribution is 2.28. The molecule has 3 aromatic rings. The van der Waals surface area contributed by atoms with Crippen molar-refractivity contribution in [2.45, 2.75) is 37.8 Å². The van der Waals surface area contributed by atoms with E-state index in [2.05, 4.69) is 5.32 Å². The first-order chi connectivity index (χ1) is 18.1. The quantitative estimate of drug-likeness (QED) is 0.335. The first kappa shape index (κ1) is 29.4. The first-order valence-corrected chi connectivity index (χ1v) is 14.1. The van der Waals surface area contributed by atoms with Gasteiger partial charge >= 0.3 is 0 Å². The lowest BCUT2D eigenvalue weighted by Gasteiger charge is -2.32. The highest BCUT2D eigenvalue weighted by atomic mass is 35.5. The van der Waals surface area contributed by atoms with E-state index in [1.54, 1.807) is 49.4 Å². The topological polar surface area (TPSA) is 86.8 Å². The van der Waals surface area contributed by atoms with E-state index in [1.807, 2.05) is 6.92 Å². The van der Waals surface area contributed by atoms with E-state index in [-0.39, 0.29) is 22.2 Å². The SMILES string of the molecule is CCCNC(=O)C(C)N(Cc1ccccc1Cl)C(=O)CN(c1ccc(F)c(Cl)c1)S(=O)(=O)c1ccccc1. The molecule has 0 radical (unpaired) electrons. The Balaban J connectivity index is 2.04. The van der Waals surface area contributed by atoms with Gasteiger partial charge in [-0.1, -0.05) is 66.5 Å². The lowest BCUT2D eigenvalue weighted by Crippen LogP contribution is -2.51. The summed E-state index contributed by atoms with van der Waals surface area (Å²) in [5, 5.41) is 2.86. The molecule has 0 spiro atoms. The Labute approximate surface area is 232 Å². The van der Waals surface area contributed by atoms with Crippen LogP contribution in [-0.4, -0.2) is 44.3 Å². The molecule has 3 rings (SSSR count). The van der Waals surface area contributed by atoms with Gasteiger partial charge in [0.25, 0.3) is 10.0 Å². The molecule has 0 aliphatic carbocycles. The molecule has 1 unspecified atom stereocenters. The van der Waals surface area contributed by atoms with Gasteiger partial charge in [0, 0.05) is 18.1 Å². The van der Waals surface area contributed by atoms with Gasteiger partial charge < -0.3 is 10.2 Å². The Kier molecular flexibility index (Phi) is 10.1. The van der Waals surface area contributed by atoms with Crippen molar-refractivity contribution in [1.82, 2.24) is 10.2 Å². The van der Waals surface area contributed by atoms with Crippen LogP contribution in [0, 0.1) is 5.82 Å². The molecular formula is C27H28Cl2FN3O4S. The third kappa shape index (κ3) is 7.03. The number of amides is 2. The first-order valence-electron chi connectivity index (χ1n) is 11.9. The summed E-state index contributed by atoms with van der Waals surface area (Å²) in [6.07, 6.45) is 0.700. The van der Waals surface area contributed by atoms with Crippen molar-refractivity contribution in [2.24, 2.45) is 0 Å². The highest BCUT2D eigenvalue weighted by molar-refractivity contribution is 7.92. The molecule has 38 heavy (non-hydrogen) atoms. The largest absolute Gasteiger partial charge is 0.354 e. The summed E-state index contributed by atoms with van der Waals surface area (Å²) < 4.78 is 42.1. The maximum absolute atomic E-state index is 13.9.